The van der Waals surface area contributed by atoms with Crippen LogP contribution in [-0.2, 0) is 20.6 Å². The third kappa shape index (κ3) is 4.97. The zero-order valence-corrected chi connectivity index (χ0v) is 25.4. The van der Waals surface area contributed by atoms with Crippen molar-refractivity contribution in [1.29, 1.82) is 0 Å². The summed E-state index contributed by atoms with van der Waals surface area (Å²) in [5.74, 6) is 2.32. The van der Waals surface area contributed by atoms with E-state index in [1.165, 1.54) is 0 Å². The summed E-state index contributed by atoms with van der Waals surface area (Å²) in [7, 11) is -4.64. The molecule has 0 radical (unpaired) electrons. The number of nitrogens with zero attached hydrogens (tertiary/aromatic N) is 6. The van der Waals surface area contributed by atoms with Crippen LogP contribution < -0.4 is 4.46 Å². The summed E-state index contributed by atoms with van der Waals surface area (Å²) in [6.45, 7) is 0. The number of hydrogen-bond acceptors (Lipinski definition) is 7. The van der Waals surface area contributed by atoms with E-state index in [2.05, 4.69) is 26.0 Å². The fourth-order valence-electron chi connectivity index (χ4n) is 5.64. The van der Waals surface area contributed by atoms with Crippen LogP contribution in [-0.4, -0.2) is 54.6 Å². The van der Waals surface area contributed by atoms with Gasteiger partial charge in [-0.3, -0.25) is 0 Å². The van der Waals surface area contributed by atoms with E-state index in [-0.39, 0.29) is 0 Å². The predicted molar refractivity (Wildman–Crippen MR) is 170 cm³/mol. The molecule has 4 aromatic carbocycles. The zero-order chi connectivity index (χ0) is 31.6. The van der Waals surface area contributed by atoms with E-state index in [4.69, 9.17) is 49.1 Å². The molecular weight excluding hydrogens is 647 g/mol. The second-order valence-corrected chi connectivity index (χ2v) is 12.0. The maximum absolute atomic E-state index is 8.88. The van der Waals surface area contributed by atoms with Crippen molar-refractivity contribution in [3.05, 3.63) is 91.0 Å². The Morgan fingerprint density at radius 2 is 0.826 bits per heavy atom. The minimum atomic E-state index is -4.64. The van der Waals surface area contributed by atoms with E-state index in [0.29, 0.717) is 45.9 Å². The Morgan fingerprint density at radius 1 is 0.478 bits per heavy atom. The SMILES string of the molecule is O=P(O)(O)O.[Fe][c]1cccc2c3nc4nc(nc5[nH]c(nc6nc(nc([nH]3)c12)-c1ccccc1-6)c1ccccc51)-c1ccccc1-4. The number of aromatic nitrogens is 8. The molecule has 5 heterocycles. The van der Waals surface area contributed by atoms with Gasteiger partial charge in [-0.15, -0.1) is 0 Å². The van der Waals surface area contributed by atoms with E-state index in [9.17, 15) is 0 Å². The van der Waals surface area contributed by atoms with Crippen molar-refractivity contribution in [2.75, 3.05) is 0 Å². The molecule has 0 atom stereocenters. The van der Waals surface area contributed by atoms with E-state index in [0.717, 1.165) is 48.3 Å². The number of benzene rings is 4. The molecule has 5 N–H and O–H groups in total. The summed E-state index contributed by atoms with van der Waals surface area (Å²) in [5.41, 5.74) is 6.30. The van der Waals surface area contributed by atoms with Gasteiger partial charge in [0.15, 0.2) is 0 Å². The van der Waals surface area contributed by atoms with Gasteiger partial charge in [0, 0.05) is 0 Å². The van der Waals surface area contributed by atoms with Crippen LogP contribution in [0.3, 0.4) is 0 Å². The Morgan fingerprint density at radius 3 is 1.28 bits per heavy atom. The molecule has 0 saturated carbocycles. The fraction of sp³-hybridized carbons (Fsp3) is 0. The fourth-order valence-corrected chi connectivity index (χ4v) is 6.02. The van der Waals surface area contributed by atoms with E-state index in [1.807, 2.05) is 91.0 Å². The van der Waals surface area contributed by atoms with Crippen LogP contribution >= 0.6 is 7.82 Å². The third-order valence-electron chi connectivity index (χ3n) is 7.52. The van der Waals surface area contributed by atoms with Crippen LogP contribution in [0.25, 0.3) is 89.7 Å². The van der Waals surface area contributed by atoms with Gasteiger partial charge >= 0.3 is 243 Å². The van der Waals surface area contributed by atoms with Crippen LogP contribution in [0.1, 0.15) is 0 Å². The summed E-state index contributed by atoms with van der Waals surface area (Å²) in [5, 5.41) is 3.70. The topological polar surface area (TPSA) is 187 Å². The molecule has 0 spiro atoms. The third-order valence-corrected chi connectivity index (χ3v) is 7.98. The Balaban J connectivity index is 0.000000583. The predicted octanol–water partition coefficient (Wildman–Crippen LogP) is 5.11. The molecule has 0 unspecified atom stereocenters. The van der Waals surface area contributed by atoms with Crippen molar-refractivity contribution in [1.82, 2.24) is 39.9 Å². The van der Waals surface area contributed by atoms with Crippen LogP contribution in [0.15, 0.2) is 91.0 Å². The molecule has 2 aliphatic heterocycles. The normalized spacial score (nSPS) is 12.0. The monoisotopic (exact) mass is 667 g/mol. The molecule has 2 aliphatic rings. The van der Waals surface area contributed by atoms with Crippen LogP contribution in [0.4, 0.5) is 0 Å². The molecule has 12 nitrogen and oxygen atoms in total. The van der Waals surface area contributed by atoms with Gasteiger partial charge in [0.2, 0.25) is 0 Å². The molecule has 0 amide bonds. The summed E-state index contributed by atoms with van der Waals surface area (Å²) >= 11 is 4.29. The first-order valence-corrected chi connectivity index (χ1v) is 16.0. The van der Waals surface area contributed by atoms with Gasteiger partial charge in [0.1, 0.15) is 0 Å². The number of H-pyrrole nitrogens is 2. The Kier molecular flexibility index (Phi) is 6.62. The molecule has 8 bridgehead atoms. The van der Waals surface area contributed by atoms with Gasteiger partial charge in [-0.05, 0) is 0 Å². The molecule has 7 aromatic rings. The van der Waals surface area contributed by atoms with Gasteiger partial charge in [-0.2, -0.15) is 0 Å². The maximum atomic E-state index is 8.88. The number of rotatable bonds is 0. The van der Waals surface area contributed by atoms with E-state index >= 15 is 0 Å². The molecule has 0 saturated heterocycles. The summed E-state index contributed by atoms with van der Waals surface area (Å²) < 4.78 is 9.73. The number of nitrogens with one attached hydrogen (secondary N) is 2. The van der Waals surface area contributed by atoms with Crippen molar-refractivity contribution in [2.45, 2.75) is 0 Å². The molecule has 46 heavy (non-hydrogen) atoms. The standard InChI is InChI=1S/C32H17N8.Fe.H3O4P/c1-2-10-18-17(9-1)25-33-26(18)38-28-21-13-5-6-14-22(21)30(35-28)40-32-24-16-8-7-15-23(24)31(36-32)39-29-20-12-4-3-11-19(20)27(34-29)37-25;;1-5(2,3)4/h1-15H,(H2,33,34,35,36,37,38,39,40);;(H3,1,2,3,4). The van der Waals surface area contributed by atoms with E-state index in [1.54, 1.807) is 0 Å². The average molecular weight is 667 g/mol. The van der Waals surface area contributed by atoms with Crippen molar-refractivity contribution in [3.63, 3.8) is 0 Å². The van der Waals surface area contributed by atoms with Crippen molar-refractivity contribution >= 4 is 56.4 Å². The first-order chi connectivity index (χ1) is 22.2. The number of phosphoric acid groups is 1. The van der Waals surface area contributed by atoms with Gasteiger partial charge in [0.25, 0.3) is 0 Å². The molecule has 225 valence electrons. The van der Waals surface area contributed by atoms with E-state index < -0.39 is 7.82 Å². The molecule has 14 heteroatoms. The Labute approximate surface area is 267 Å². The molecule has 9 rings (SSSR count). The van der Waals surface area contributed by atoms with Crippen molar-refractivity contribution < 1.29 is 35.3 Å². The van der Waals surface area contributed by atoms with Gasteiger partial charge in [0.05, 0.1) is 0 Å². The molecule has 0 aliphatic carbocycles. The summed E-state index contributed by atoms with van der Waals surface area (Å²) in [4.78, 5) is 58.4. The molecule has 3 aromatic heterocycles. The van der Waals surface area contributed by atoms with Crippen molar-refractivity contribution in [2.24, 2.45) is 0 Å². The Bertz CT molecular complexity index is 2580. The van der Waals surface area contributed by atoms with Gasteiger partial charge < -0.3 is 14.7 Å². The summed E-state index contributed by atoms with van der Waals surface area (Å²) in [6.07, 6.45) is 0. The van der Waals surface area contributed by atoms with Gasteiger partial charge in [-0.1, -0.05) is 6.07 Å². The average Bonchev–Trinajstić information content (AvgIpc) is 3.76. The van der Waals surface area contributed by atoms with Crippen LogP contribution in [0.2, 0.25) is 0 Å². The molecular formula is C32H20FeN8O4P. The second-order valence-electron chi connectivity index (χ2n) is 10.4. The second kappa shape index (κ2) is 10.7. The Hall–Kier alpha value is -5.13. The first kappa shape index (κ1) is 28.4. The quantitative estimate of drug-likeness (QED) is 0.107. The van der Waals surface area contributed by atoms with Crippen molar-refractivity contribution in [3.8, 4) is 45.6 Å². The van der Waals surface area contributed by atoms with Crippen LogP contribution in [0.5, 0.6) is 0 Å². The minimum absolute atomic E-state index is 0.573. The van der Waals surface area contributed by atoms with Gasteiger partial charge in [-0.25, -0.2) is 4.57 Å². The number of hydrogen-bond donors (Lipinski definition) is 5. The number of aromatic amines is 2. The molecule has 0 fully saturated rings. The zero-order valence-electron chi connectivity index (χ0n) is 23.4. The number of fused-ring (bicyclic) bond motifs is 20. The first-order valence-electron chi connectivity index (χ1n) is 13.9. The summed E-state index contributed by atoms with van der Waals surface area (Å²) in [6, 6.07) is 30.1. The van der Waals surface area contributed by atoms with Crippen LogP contribution in [0, 0.1) is 0 Å².